The maximum Gasteiger partial charge on any atom is 0.287 e. The summed E-state index contributed by atoms with van der Waals surface area (Å²) in [7, 11) is 0. The Balaban J connectivity index is 4.28. The molecular formula is C5H9NO3. The molecule has 9 heavy (non-hydrogen) atoms. The third-order valence-corrected chi connectivity index (χ3v) is 0.842. The zero-order chi connectivity index (χ0) is 7.44. The number of hydrogen-bond donors (Lipinski definition) is 3. The zero-order valence-electron chi connectivity index (χ0n) is 5.09. The molecule has 0 atom stereocenters. The highest BCUT2D eigenvalue weighted by Gasteiger charge is 2.06. The van der Waals surface area contributed by atoms with Crippen LogP contribution in [0.1, 0.15) is 13.3 Å². The average Bonchev–Trinajstić information content (AvgIpc) is 1.84. The first-order chi connectivity index (χ1) is 4.09. The van der Waals surface area contributed by atoms with Gasteiger partial charge in [-0.25, -0.2) is 0 Å². The maximum atomic E-state index is 10.1. The molecule has 0 aromatic heterocycles. The van der Waals surface area contributed by atoms with E-state index in [4.69, 9.17) is 10.2 Å². The molecule has 0 saturated carbocycles. The summed E-state index contributed by atoms with van der Waals surface area (Å²) in [4.78, 5) is 10.1. The molecule has 1 amide bonds. The Morgan fingerprint density at radius 3 is 2.11 bits per heavy atom. The lowest BCUT2D eigenvalue weighted by atomic mass is 10.3. The van der Waals surface area contributed by atoms with Crippen LogP contribution in [0.5, 0.6) is 0 Å². The zero-order valence-corrected chi connectivity index (χ0v) is 5.09. The molecule has 0 aliphatic rings. The third kappa shape index (κ3) is 2.03. The molecule has 0 rings (SSSR count). The van der Waals surface area contributed by atoms with Crippen LogP contribution < -0.4 is 5.73 Å². The van der Waals surface area contributed by atoms with Gasteiger partial charge >= 0.3 is 0 Å². The lowest BCUT2D eigenvalue weighted by Gasteiger charge is -1.95. The Morgan fingerprint density at radius 1 is 1.56 bits per heavy atom. The van der Waals surface area contributed by atoms with Gasteiger partial charge in [0.1, 0.15) is 5.76 Å². The number of hydrogen-bond acceptors (Lipinski definition) is 3. The number of allylic oxidation sites excluding steroid dienone is 1. The van der Waals surface area contributed by atoms with Gasteiger partial charge in [-0.1, -0.05) is 6.92 Å². The fourth-order valence-corrected chi connectivity index (χ4v) is 0.310. The van der Waals surface area contributed by atoms with Gasteiger partial charge in [0, 0.05) is 6.42 Å². The molecule has 0 aromatic rings. The van der Waals surface area contributed by atoms with Gasteiger partial charge in [0.05, 0.1) is 0 Å². The van der Waals surface area contributed by atoms with E-state index in [-0.39, 0.29) is 12.2 Å². The van der Waals surface area contributed by atoms with E-state index in [1.54, 1.807) is 6.92 Å². The smallest absolute Gasteiger partial charge is 0.287 e. The second-order valence-corrected chi connectivity index (χ2v) is 1.51. The number of aliphatic hydroxyl groups excluding tert-OH is 2. The topological polar surface area (TPSA) is 83.6 Å². The molecule has 0 fully saturated rings. The Bertz CT molecular complexity index is 150. The first kappa shape index (κ1) is 7.81. The fourth-order valence-electron chi connectivity index (χ4n) is 0.310. The summed E-state index contributed by atoms with van der Waals surface area (Å²) in [6.07, 6.45) is 0.203. The average molecular weight is 131 g/mol. The van der Waals surface area contributed by atoms with E-state index in [0.29, 0.717) is 0 Å². The SMILES string of the molecule is CC/C(O)=C(/O)C(N)=O. The van der Waals surface area contributed by atoms with Crippen LogP contribution in [0.25, 0.3) is 0 Å². The summed E-state index contributed by atoms with van der Waals surface area (Å²) in [6, 6.07) is 0. The van der Waals surface area contributed by atoms with Crippen molar-refractivity contribution >= 4 is 5.91 Å². The monoisotopic (exact) mass is 131 g/mol. The number of carbonyl (C=O) groups excluding carboxylic acids is 1. The molecule has 4 nitrogen and oxygen atoms in total. The van der Waals surface area contributed by atoms with Crippen LogP contribution in [0.2, 0.25) is 0 Å². The summed E-state index contributed by atoms with van der Waals surface area (Å²) in [6.45, 7) is 1.59. The predicted octanol–water partition coefficient (Wildman–Crippen LogP) is 0.209. The van der Waals surface area contributed by atoms with Crippen LogP contribution in [0.15, 0.2) is 11.5 Å². The van der Waals surface area contributed by atoms with E-state index in [0.717, 1.165) is 0 Å². The summed E-state index contributed by atoms with van der Waals surface area (Å²) in [5.41, 5.74) is 4.61. The van der Waals surface area contributed by atoms with Gasteiger partial charge in [-0.2, -0.15) is 0 Å². The minimum Gasteiger partial charge on any atom is -0.508 e. The first-order valence-corrected chi connectivity index (χ1v) is 2.50. The Morgan fingerprint density at radius 2 is 2.00 bits per heavy atom. The second-order valence-electron chi connectivity index (χ2n) is 1.51. The highest BCUT2D eigenvalue weighted by atomic mass is 16.3. The first-order valence-electron chi connectivity index (χ1n) is 2.50. The third-order valence-electron chi connectivity index (χ3n) is 0.842. The predicted molar refractivity (Wildman–Crippen MR) is 31.8 cm³/mol. The summed E-state index contributed by atoms with van der Waals surface area (Å²) in [5.74, 6) is -2.13. The van der Waals surface area contributed by atoms with Gasteiger partial charge in [-0.3, -0.25) is 4.79 Å². The van der Waals surface area contributed by atoms with Crippen LogP contribution >= 0.6 is 0 Å². The van der Waals surface area contributed by atoms with Crippen molar-refractivity contribution in [2.45, 2.75) is 13.3 Å². The minimum absolute atomic E-state index is 0.203. The molecule has 0 spiro atoms. The molecule has 0 unspecified atom stereocenters. The van der Waals surface area contributed by atoms with Crippen LogP contribution in [-0.4, -0.2) is 16.1 Å². The van der Waals surface area contributed by atoms with Crippen LogP contribution in [-0.2, 0) is 4.79 Å². The number of amides is 1. The molecule has 4 N–H and O–H groups in total. The van der Waals surface area contributed by atoms with Crippen molar-refractivity contribution in [2.24, 2.45) is 5.73 Å². The summed E-state index contributed by atoms with van der Waals surface area (Å²) in [5, 5.41) is 17.2. The normalized spacial score (nSPS) is 12.6. The number of aliphatic hydroxyl groups is 2. The maximum absolute atomic E-state index is 10.1. The Hall–Kier alpha value is -1.19. The van der Waals surface area contributed by atoms with Gasteiger partial charge in [0.15, 0.2) is 0 Å². The van der Waals surface area contributed by atoms with Gasteiger partial charge in [-0.15, -0.1) is 0 Å². The molecule has 4 heteroatoms. The molecule has 52 valence electrons. The van der Waals surface area contributed by atoms with Gasteiger partial charge in [-0.05, 0) is 0 Å². The van der Waals surface area contributed by atoms with Crippen LogP contribution in [0, 0.1) is 0 Å². The van der Waals surface area contributed by atoms with E-state index in [2.05, 4.69) is 5.73 Å². The standard InChI is InChI=1S/C5H9NO3/c1-2-3(7)4(8)5(6)9/h7-8H,2H2,1H3,(H2,6,9)/b4-3-. The molecule has 0 aliphatic carbocycles. The molecule has 0 saturated heterocycles. The van der Waals surface area contributed by atoms with Crippen molar-refractivity contribution in [2.75, 3.05) is 0 Å². The lowest BCUT2D eigenvalue weighted by molar-refractivity contribution is -0.117. The molecule has 0 radical (unpaired) electrons. The van der Waals surface area contributed by atoms with Crippen molar-refractivity contribution < 1.29 is 15.0 Å². The van der Waals surface area contributed by atoms with Gasteiger partial charge < -0.3 is 15.9 Å². The van der Waals surface area contributed by atoms with Crippen LogP contribution in [0.4, 0.5) is 0 Å². The molecular weight excluding hydrogens is 122 g/mol. The van der Waals surface area contributed by atoms with E-state index in [1.807, 2.05) is 0 Å². The number of rotatable bonds is 2. The molecule has 0 aliphatic heterocycles. The van der Waals surface area contributed by atoms with Gasteiger partial charge in [0.25, 0.3) is 5.91 Å². The Kier molecular flexibility index (Phi) is 2.57. The van der Waals surface area contributed by atoms with Crippen molar-refractivity contribution in [3.05, 3.63) is 11.5 Å². The summed E-state index contributed by atoms with van der Waals surface area (Å²) >= 11 is 0. The van der Waals surface area contributed by atoms with E-state index >= 15 is 0 Å². The fraction of sp³-hybridized carbons (Fsp3) is 0.400. The Labute approximate surface area is 52.6 Å². The highest BCUT2D eigenvalue weighted by Crippen LogP contribution is 1.99. The largest absolute Gasteiger partial charge is 0.508 e. The van der Waals surface area contributed by atoms with Crippen LogP contribution in [0.3, 0.4) is 0 Å². The van der Waals surface area contributed by atoms with Crippen molar-refractivity contribution in [3.63, 3.8) is 0 Å². The van der Waals surface area contributed by atoms with E-state index in [1.165, 1.54) is 0 Å². The van der Waals surface area contributed by atoms with E-state index in [9.17, 15) is 4.79 Å². The number of primary amides is 1. The van der Waals surface area contributed by atoms with Crippen molar-refractivity contribution in [1.82, 2.24) is 0 Å². The molecule has 0 bridgehead atoms. The second kappa shape index (κ2) is 2.96. The van der Waals surface area contributed by atoms with Gasteiger partial charge in [0.2, 0.25) is 5.76 Å². The van der Waals surface area contributed by atoms with Crippen molar-refractivity contribution in [1.29, 1.82) is 0 Å². The quantitative estimate of drug-likeness (QED) is 0.370. The summed E-state index contributed by atoms with van der Waals surface area (Å²) < 4.78 is 0. The van der Waals surface area contributed by atoms with E-state index < -0.39 is 11.7 Å². The number of nitrogens with two attached hydrogens (primary N) is 1. The number of carbonyl (C=O) groups is 1. The lowest BCUT2D eigenvalue weighted by Crippen LogP contribution is -2.15. The molecule has 0 aromatic carbocycles. The minimum atomic E-state index is -1.01. The highest BCUT2D eigenvalue weighted by molar-refractivity contribution is 5.89. The molecule has 0 heterocycles. The van der Waals surface area contributed by atoms with Crippen molar-refractivity contribution in [3.8, 4) is 0 Å².